The van der Waals surface area contributed by atoms with Gasteiger partial charge in [0.2, 0.25) is 0 Å². The van der Waals surface area contributed by atoms with Crippen molar-refractivity contribution >= 4 is 0 Å². The minimum absolute atomic E-state index is 0.0293. The number of rotatable bonds is 4. The first-order valence-corrected chi connectivity index (χ1v) is 7.20. The maximum absolute atomic E-state index is 5.78. The van der Waals surface area contributed by atoms with E-state index >= 15 is 0 Å². The first-order valence-electron chi connectivity index (χ1n) is 7.20. The summed E-state index contributed by atoms with van der Waals surface area (Å²) in [4.78, 5) is 0. The molecule has 1 saturated carbocycles. The van der Waals surface area contributed by atoms with Gasteiger partial charge in [-0.1, -0.05) is 6.07 Å². The fourth-order valence-corrected chi connectivity index (χ4v) is 3.05. The molecular formula is C15H22N2O3. The zero-order valence-electron chi connectivity index (χ0n) is 11.9. The van der Waals surface area contributed by atoms with Crippen molar-refractivity contribution < 1.29 is 14.2 Å². The van der Waals surface area contributed by atoms with Crippen LogP contribution in [0.2, 0.25) is 0 Å². The van der Waals surface area contributed by atoms with E-state index in [1.165, 1.54) is 6.42 Å². The zero-order chi connectivity index (χ0) is 14.0. The standard InChI is InChI=1S/C15H22N2O3/c1-18-15(6-2-7-15)14(17-16)11-4-5-12-13(10-11)20-9-3-8-19-12/h4-5,10,14,17H,2-3,6-9,16H2,1H3. The number of fused-ring (bicyclic) bond motifs is 1. The third kappa shape index (κ3) is 2.26. The molecule has 110 valence electrons. The van der Waals surface area contributed by atoms with Crippen molar-refractivity contribution in [1.82, 2.24) is 5.43 Å². The molecule has 0 spiro atoms. The highest BCUT2D eigenvalue weighted by Gasteiger charge is 2.45. The number of nitrogens with two attached hydrogens (primary N) is 1. The van der Waals surface area contributed by atoms with Crippen LogP contribution in [0.4, 0.5) is 0 Å². The van der Waals surface area contributed by atoms with Crippen LogP contribution in [0.5, 0.6) is 11.5 Å². The average molecular weight is 278 g/mol. The molecule has 3 N–H and O–H groups in total. The summed E-state index contributed by atoms with van der Waals surface area (Å²) in [7, 11) is 1.76. The Morgan fingerprint density at radius 3 is 2.55 bits per heavy atom. The molecule has 20 heavy (non-hydrogen) atoms. The summed E-state index contributed by atoms with van der Waals surface area (Å²) in [6, 6.07) is 5.99. The van der Waals surface area contributed by atoms with E-state index in [1.54, 1.807) is 7.11 Å². The van der Waals surface area contributed by atoms with Crippen molar-refractivity contribution in [2.24, 2.45) is 5.84 Å². The molecule has 1 aliphatic heterocycles. The summed E-state index contributed by atoms with van der Waals surface area (Å²) < 4.78 is 17.1. The highest BCUT2D eigenvalue weighted by atomic mass is 16.5. The van der Waals surface area contributed by atoms with E-state index in [0.29, 0.717) is 13.2 Å². The fourth-order valence-electron chi connectivity index (χ4n) is 3.05. The quantitative estimate of drug-likeness (QED) is 0.650. The van der Waals surface area contributed by atoms with Gasteiger partial charge in [0.05, 0.1) is 24.9 Å². The van der Waals surface area contributed by atoms with Crippen LogP contribution in [0.3, 0.4) is 0 Å². The number of methoxy groups -OCH3 is 1. The van der Waals surface area contributed by atoms with Gasteiger partial charge in [0.1, 0.15) is 0 Å². The van der Waals surface area contributed by atoms with Gasteiger partial charge in [0.25, 0.3) is 0 Å². The second-order valence-corrected chi connectivity index (χ2v) is 5.48. The van der Waals surface area contributed by atoms with Crippen LogP contribution in [0.25, 0.3) is 0 Å². The maximum Gasteiger partial charge on any atom is 0.161 e. The van der Waals surface area contributed by atoms with Crippen LogP contribution in [-0.2, 0) is 4.74 Å². The lowest BCUT2D eigenvalue weighted by Crippen LogP contribution is -2.52. The molecule has 1 aromatic rings. The molecule has 1 aromatic carbocycles. The van der Waals surface area contributed by atoms with Gasteiger partial charge in [-0.05, 0) is 37.0 Å². The molecule has 2 aliphatic rings. The molecule has 5 nitrogen and oxygen atoms in total. The summed E-state index contributed by atoms with van der Waals surface area (Å²) in [6.45, 7) is 1.39. The van der Waals surface area contributed by atoms with E-state index in [-0.39, 0.29) is 11.6 Å². The van der Waals surface area contributed by atoms with Crippen LogP contribution in [0.1, 0.15) is 37.3 Å². The van der Waals surface area contributed by atoms with Gasteiger partial charge >= 0.3 is 0 Å². The Hall–Kier alpha value is -1.30. The van der Waals surface area contributed by atoms with Gasteiger partial charge in [-0.3, -0.25) is 11.3 Å². The maximum atomic E-state index is 5.78. The predicted molar refractivity (Wildman–Crippen MR) is 75.7 cm³/mol. The first-order chi connectivity index (χ1) is 9.79. The number of hydrogen-bond acceptors (Lipinski definition) is 5. The minimum atomic E-state index is -0.200. The fraction of sp³-hybridized carbons (Fsp3) is 0.600. The normalized spacial score (nSPS) is 21.7. The van der Waals surface area contributed by atoms with Crippen molar-refractivity contribution in [1.29, 1.82) is 0 Å². The van der Waals surface area contributed by atoms with Crippen molar-refractivity contribution in [2.75, 3.05) is 20.3 Å². The van der Waals surface area contributed by atoms with Crippen LogP contribution in [0, 0.1) is 0 Å². The Bertz CT molecular complexity index is 469. The molecule has 0 amide bonds. The molecule has 0 bridgehead atoms. The molecule has 3 rings (SSSR count). The second kappa shape index (κ2) is 5.60. The molecule has 1 fully saturated rings. The summed E-state index contributed by atoms with van der Waals surface area (Å²) in [5, 5.41) is 0. The molecule has 0 radical (unpaired) electrons. The van der Waals surface area contributed by atoms with E-state index in [4.69, 9.17) is 20.1 Å². The lowest BCUT2D eigenvalue weighted by Gasteiger charge is -2.46. The van der Waals surface area contributed by atoms with E-state index in [1.807, 2.05) is 18.2 Å². The van der Waals surface area contributed by atoms with E-state index in [9.17, 15) is 0 Å². The Kier molecular flexibility index (Phi) is 3.83. The van der Waals surface area contributed by atoms with E-state index in [2.05, 4.69) is 5.43 Å². The molecule has 0 saturated heterocycles. The van der Waals surface area contributed by atoms with Crippen LogP contribution < -0.4 is 20.7 Å². The summed E-state index contributed by atoms with van der Waals surface area (Å²) >= 11 is 0. The number of hydrazine groups is 1. The second-order valence-electron chi connectivity index (χ2n) is 5.48. The predicted octanol–water partition coefficient (Wildman–Crippen LogP) is 1.92. The van der Waals surface area contributed by atoms with Gasteiger partial charge < -0.3 is 14.2 Å². The zero-order valence-corrected chi connectivity index (χ0v) is 11.9. The van der Waals surface area contributed by atoms with Crippen molar-refractivity contribution in [3.8, 4) is 11.5 Å². The lowest BCUT2D eigenvalue weighted by atomic mass is 9.72. The Balaban J connectivity index is 1.90. The van der Waals surface area contributed by atoms with Crippen molar-refractivity contribution in [3.63, 3.8) is 0 Å². The van der Waals surface area contributed by atoms with Gasteiger partial charge in [-0.2, -0.15) is 0 Å². The van der Waals surface area contributed by atoms with Crippen LogP contribution >= 0.6 is 0 Å². The summed E-state index contributed by atoms with van der Waals surface area (Å²) in [5.74, 6) is 7.39. The Morgan fingerprint density at radius 1 is 1.20 bits per heavy atom. The molecule has 1 aliphatic carbocycles. The SMILES string of the molecule is COC1(C(NN)c2ccc3c(c2)OCCCO3)CCC1. The highest BCUT2D eigenvalue weighted by Crippen LogP contribution is 2.45. The van der Waals surface area contributed by atoms with Gasteiger partial charge in [0, 0.05) is 13.5 Å². The molecule has 1 heterocycles. The van der Waals surface area contributed by atoms with Gasteiger partial charge in [-0.15, -0.1) is 0 Å². The van der Waals surface area contributed by atoms with Crippen LogP contribution in [0.15, 0.2) is 18.2 Å². The molecule has 1 unspecified atom stereocenters. The average Bonchev–Trinajstić information content (AvgIpc) is 2.67. The lowest BCUT2D eigenvalue weighted by molar-refractivity contribution is -0.0999. The van der Waals surface area contributed by atoms with E-state index < -0.39 is 0 Å². The van der Waals surface area contributed by atoms with Crippen molar-refractivity contribution in [2.45, 2.75) is 37.3 Å². The molecule has 5 heteroatoms. The molecule has 1 atom stereocenters. The number of nitrogens with one attached hydrogen (secondary N) is 1. The summed E-state index contributed by atoms with van der Waals surface area (Å²) in [5.41, 5.74) is 3.80. The van der Waals surface area contributed by atoms with Gasteiger partial charge in [0.15, 0.2) is 11.5 Å². The number of hydrogen-bond donors (Lipinski definition) is 2. The van der Waals surface area contributed by atoms with E-state index in [0.717, 1.165) is 36.3 Å². The van der Waals surface area contributed by atoms with Gasteiger partial charge in [-0.25, -0.2) is 0 Å². The van der Waals surface area contributed by atoms with Crippen LogP contribution in [-0.4, -0.2) is 25.9 Å². The Morgan fingerprint density at radius 2 is 1.95 bits per heavy atom. The minimum Gasteiger partial charge on any atom is -0.490 e. The number of ether oxygens (including phenoxy) is 3. The topological polar surface area (TPSA) is 65.7 Å². The monoisotopic (exact) mass is 278 g/mol. The molecular weight excluding hydrogens is 256 g/mol. The number of benzene rings is 1. The summed E-state index contributed by atoms with van der Waals surface area (Å²) in [6.07, 6.45) is 4.13. The molecule has 0 aromatic heterocycles. The largest absolute Gasteiger partial charge is 0.490 e. The van der Waals surface area contributed by atoms with Crippen molar-refractivity contribution in [3.05, 3.63) is 23.8 Å². The highest BCUT2D eigenvalue weighted by molar-refractivity contribution is 5.45. The Labute approximate surface area is 119 Å². The smallest absolute Gasteiger partial charge is 0.161 e. The third-order valence-electron chi connectivity index (χ3n) is 4.40. The first kappa shape index (κ1) is 13.7. The third-order valence-corrected chi connectivity index (χ3v) is 4.40.